The number of nitrogen functional groups attached to an aromatic ring is 1. The van der Waals surface area contributed by atoms with E-state index in [4.69, 9.17) is 38.8 Å². The zero-order valence-electron chi connectivity index (χ0n) is 19.0. The fraction of sp³-hybridized carbons (Fsp3) is 0.769. The standard InChI is InChI=1S/C20H31O2PS2.C6H7N/c24-23(25,21-19-7-13-1-14(8-19)3-15(2-13)9-19)22-20-10-16-4-17(11-20)6-18(5-16)12-20;7-6-4-2-1-3-5-6/h13-18H,1-12H2,(H,24,25);1-5H,7H2. The number of hydrogen-bond donors (Lipinski definition) is 2. The van der Waals surface area contributed by atoms with Crippen molar-refractivity contribution in [2.24, 2.45) is 35.5 Å². The molecule has 8 aliphatic rings. The Morgan fingerprint density at radius 2 is 1.00 bits per heavy atom. The van der Waals surface area contributed by atoms with Crippen molar-refractivity contribution in [1.82, 2.24) is 0 Å². The Morgan fingerprint density at radius 3 is 1.25 bits per heavy atom. The lowest BCUT2D eigenvalue weighted by atomic mass is 9.54. The van der Waals surface area contributed by atoms with Gasteiger partial charge < -0.3 is 14.8 Å². The first-order chi connectivity index (χ1) is 15.3. The molecule has 0 radical (unpaired) electrons. The molecule has 0 spiro atoms. The molecule has 6 heteroatoms. The number of rotatable bonds is 4. The van der Waals surface area contributed by atoms with E-state index in [0.717, 1.165) is 41.2 Å². The molecule has 8 saturated carbocycles. The second-order valence-corrected chi connectivity index (χ2v) is 17.4. The fourth-order valence-corrected chi connectivity index (χ4v) is 12.7. The Hall–Kier alpha value is -0.0600. The zero-order valence-corrected chi connectivity index (χ0v) is 21.6. The molecule has 8 fully saturated rings. The third kappa shape index (κ3) is 4.59. The van der Waals surface area contributed by atoms with Gasteiger partial charge >= 0.3 is 0 Å². The van der Waals surface area contributed by atoms with Crippen LogP contribution in [0, 0.1) is 35.5 Å². The molecule has 0 heterocycles. The molecule has 32 heavy (non-hydrogen) atoms. The smallest absolute Gasteiger partial charge is 0.245 e. The molecule has 0 amide bonds. The minimum atomic E-state index is -2.46. The highest BCUT2D eigenvalue weighted by atomic mass is 32.9. The van der Waals surface area contributed by atoms with Crippen molar-refractivity contribution >= 4 is 35.4 Å². The summed E-state index contributed by atoms with van der Waals surface area (Å²) in [5.74, 6) is 5.30. The van der Waals surface area contributed by atoms with E-state index >= 15 is 0 Å². The van der Waals surface area contributed by atoms with Gasteiger partial charge in [-0.05, 0) is 136 Å². The van der Waals surface area contributed by atoms with E-state index in [1.807, 2.05) is 30.3 Å². The Labute approximate surface area is 203 Å². The van der Waals surface area contributed by atoms with Crippen LogP contribution in [0.5, 0.6) is 0 Å². The van der Waals surface area contributed by atoms with Crippen LogP contribution >= 0.6 is 17.9 Å². The maximum atomic E-state index is 6.75. The molecule has 0 atom stereocenters. The summed E-state index contributed by atoms with van der Waals surface area (Å²) in [6.45, 7) is 0. The maximum absolute atomic E-state index is 6.75. The van der Waals surface area contributed by atoms with Crippen LogP contribution in [0.2, 0.25) is 0 Å². The number of nitrogens with two attached hydrogens (primary N) is 1. The summed E-state index contributed by atoms with van der Waals surface area (Å²) < 4.78 is 13.5. The van der Waals surface area contributed by atoms with Crippen molar-refractivity contribution in [1.29, 1.82) is 0 Å². The number of hydrogen-bond acceptors (Lipinski definition) is 4. The molecule has 8 aliphatic carbocycles. The van der Waals surface area contributed by atoms with Gasteiger partial charge in [0.2, 0.25) is 5.69 Å². The molecule has 8 bridgehead atoms. The maximum Gasteiger partial charge on any atom is 0.245 e. The summed E-state index contributed by atoms with van der Waals surface area (Å²) in [6, 6.07) is 9.49. The van der Waals surface area contributed by atoms with Gasteiger partial charge in [0.1, 0.15) is 0 Å². The molecule has 9 rings (SSSR count). The topological polar surface area (TPSA) is 44.5 Å². The summed E-state index contributed by atoms with van der Waals surface area (Å²) in [5.41, 5.74) is 3.76. The highest BCUT2D eigenvalue weighted by Gasteiger charge is 2.56. The van der Waals surface area contributed by atoms with E-state index in [1.165, 1.54) is 77.0 Å². The zero-order chi connectivity index (χ0) is 22.0. The van der Waals surface area contributed by atoms with Gasteiger partial charge in [0.15, 0.2) is 0 Å². The quantitative estimate of drug-likeness (QED) is 0.262. The minimum absolute atomic E-state index is 0.0221. The normalized spacial score (nSPS) is 47.0. The van der Waals surface area contributed by atoms with Crippen LogP contribution in [0.15, 0.2) is 30.3 Å². The molecule has 0 saturated heterocycles. The van der Waals surface area contributed by atoms with Crippen LogP contribution in [0.4, 0.5) is 5.69 Å². The summed E-state index contributed by atoms with van der Waals surface area (Å²) in [5, 5.41) is 0. The molecule has 176 valence electrons. The Kier molecular flexibility index (Phi) is 5.78. The van der Waals surface area contributed by atoms with E-state index < -0.39 is 5.69 Å². The van der Waals surface area contributed by atoms with Crippen LogP contribution in [-0.4, -0.2) is 11.2 Å². The average Bonchev–Trinajstić information content (AvgIpc) is 2.65. The minimum Gasteiger partial charge on any atom is -0.399 e. The van der Waals surface area contributed by atoms with Gasteiger partial charge in [0.25, 0.3) is 0 Å². The molecule has 0 aromatic heterocycles. The second-order valence-electron chi connectivity index (χ2n) is 12.3. The van der Waals surface area contributed by atoms with Crippen LogP contribution in [0.3, 0.4) is 0 Å². The van der Waals surface area contributed by atoms with Crippen LogP contribution in [0.25, 0.3) is 0 Å². The largest absolute Gasteiger partial charge is 0.399 e. The predicted molar refractivity (Wildman–Crippen MR) is 138 cm³/mol. The summed E-state index contributed by atoms with van der Waals surface area (Å²) in [4.78, 5) is 0. The van der Waals surface area contributed by atoms with Gasteiger partial charge in [0, 0.05) is 5.69 Å². The van der Waals surface area contributed by atoms with Crippen molar-refractivity contribution in [2.75, 3.05) is 5.73 Å². The third-order valence-corrected chi connectivity index (χ3v) is 11.6. The van der Waals surface area contributed by atoms with Gasteiger partial charge in [-0.25, -0.2) is 0 Å². The van der Waals surface area contributed by atoms with E-state index in [0.29, 0.717) is 0 Å². The predicted octanol–water partition coefficient (Wildman–Crippen LogP) is 7.38. The first kappa shape index (κ1) is 22.4. The lowest BCUT2D eigenvalue weighted by Gasteiger charge is -2.59. The van der Waals surface area contributed by atoms with E-state index in [1.54, 1.807) is 0 Å². The summed E-state index contributed by atoms with van der Waals surface area (Å²) in [7, 11) is 0. The summed E-state index contributed by atoms with van der Waals surface area (Å²) in [6.07, 6.45) is 16.0. The SMILES string of the molecule is Nc1ccccc1.S=P(S)(OC12CC3CC(CC(C3)C1)C2)OC12CC3CC(CC(C3)C1)C2. The molecule has 1 aromatic carbocycles. The van der Waals surface area contributed by atoms with Gasteiger partial charge in [-0.3, -0.25) is 0 Å². The number of thiol groups is 1. The monoisotopic (exact) mass is 491 g/mol. The molecule has 0 aliphatic heterocycles. The van der Waals surface area contributed by atoms with Crippen molar-refractivity contribution < 1.29 is 9.05 Å². The van der Waals surface area contributed by atoms with E-state index in [-0.39, 0.29) is 11.2 Å². The van der Waals surface area contributed by atoms with Crippen LogP contribution < -0.4 is 5.73 Å². The van der Waals surface area contributed by atoms with Gasteiger partial charge in [-0.15, -0.1) is 0 Å². The van der Waals surface area contributed by atoms with Gasteiger partial charge in [0.05, 0.1) is 11.2 Å². The Balaban J connectivity index is 0.000000241. The lowest BCUT2D eigenvalue weighted by Crippen LogP contribution is -2.53. The van der Waals surface area contributed by atoms with Gasteiger partial charge in [-0.2, -0.15) is 0 Å². The molecule has 2 N–H and O–H groups in total. The molecule has 0 unspecified atom stereocenters. The van der Waals surface area contributed by atoms with Gasteiger partial charge in [-0.1, -0.05) is 30.4 Å². The molecule has 3 nitrogen and oxygen atoms in total. The average molecular weight is 492 g/mol. The number of para-hydroxylation sites is 1. The fourth-order valence-electron chi connectivity index (χ4n) is 9.25. The highest BCUT2D eigenvalue weighted by Crippen LogP contribution is 2.69. The van der Waals surface area contributed by atoms with Crippen molar-refractivity contribution in [3.8, 4) is 0 Å². The first-order valence-electron chi connectivity index (χ1n) is 12.8. The Morgan fingerprint density at radius 1 is 0.688 bits per heavy atom. The van der Waals surface area contributed by atoms with Crippen LogP contribution in [0.1, 0.15) is 77.0 Å². The van der Waals surface area contributed by atoms with Crippen molar-refractivity contribution in [2.45, 2.75) is 88.3 Å². The Bertz CT molecular complexity index is 771. The number of benzene rings is 1. The summed E-state index contributed by atoms with van der Waals surface area (Å²) >= 11 is 10.8. The molecular formula is C26H38NO2PS2. The lowest BCUT2D eigenvalue weighted by molar-refractivity contribution is -0.131. The number of anilines is 1. The highest BCUT2D eigenvalue weighted by molar-refractivity contribution is 8.60. The molecular weight excluding hydrogens is 453 g/mol. The van der Waals surface area contributed by atoms with E-state index in [2.05, 4.69) is 0 Å². The first-order valence-corrected chi connectivity index (χ1v) is 16.6. The molecule has 1 aromatic rings. The van der Waals surface area contributed by atoms with Crippen molar-refractivity contribution in [3.05, 3.63) is 30.3 Å². The van der Waals surface area contributed by atoms with E-state index in [9.17, 15) is 0 Å². The second kappa shape index (κ2) is 8.26. The third-order valence-electron chi connectivity index (χ3n) is 9.38. The van der Waals surface area contributed by atoms with Crippen LogP contribution in [-0.2, 0) is 20.9 Å². The van der Waals surface area contributed by atoms with Crippen molar-refractivity contribution in [3.63, 3.8) is 0 Å².